The minimum absolute atomic E-state index is 0. The Bertz CT molecular complexity index is 1700. The Labute approximate surface area is 414 Å². The molecule has 10 aliphatic rings. The van der Waals surface area contributed by atoms with Crippen molar-refractivity contribution in [3.05, 3.63) is 23.3 Å². The van der Waals surface area contributed by atoms with Crippen molar-refractivity contribution in [1.29, 1.82) is 0 Å². The zero-order chi connectivity index (χ0) is 46.6. The molecule has 10 fully saturated rings. The van der Waals surface area contributed by atoms with Gasteiger partial charge in [-0.05, 0) is 267 Å². The quantitative estimate of drug-likeness (QED) is 0.213. The van der Waals surface area contributed by atoms with Crippen molar-refractivity contribution in [3.8, 4) is 0 Å². The van der Waals surface area contributed by atoms with Crippen molar-refractivity contribution in [3.63, 3.8) is 0 Å². The Hall–Kier alpha value is -0.520. The van der Waals surface area contributed by atoms with Gasteiger partial charge in [-0.3, -0.25) is 0 Å². The lowest BCUT2D eigenvalue weighted by atomic mass is 9.41. The SMILES string of the molecule is C.C.C/C(=C\C[C@@H](C)[C@H]1CC[C@@]2(C)[C@@H]3CC[C@H]4C(C)(C)[C@@H](C)CC[C@@]45C[C@@]35CC[C@]12C)C(C)C.C/C(=C\C[C@@H](C)[C@H]1CC[C@@]2(C)[C@@H]3CC[C@H]4C(C)(C)[C@@H](C)CC[C@@]45C[C@@]35CC[C@]12C)C(C)C. The van der Waals surface area contributed by atoms with Gasteiger partial charge in [0.25, 0.3) is 0 Å². The average Bonchev–Trinajstić information content (AvgIpc) is 4.04. The molecule has 0 aromatic heterocycles. The summed E-state index contributed by atoms with van der Waals surface area (Å²) in [5.74, 6) is 10.8. The summed E-state index contributed by atoms with van der Waals surface area (Å²) in [5, 5.41) is 0. The molecule has 380 valence electrons. The van der Waals surface area contributed by atoms with E-state index in [2.05, 4.69) is 137 Å². The van der Waals surface area contributed by atoms with Crippen LogP contribution in [0.25, 0.3) is 0 Å². The number of rotatable bonds is 8. The Morgan fingerprint density at radius 1 is 0.409 bits per heavy atom. The summed E-state index contributed by atoms with van der Waals surface area (Å²) in [5.41, 5.74) is 9.53. The normalized spacial score (nSPS) is 51.0. The third-order valence-corrected chi connectivity index (χ3v) is 28.3. The maximum atomic E-state index is 2.80. The lowest BCUT2D eigenvalue weighted by Gasteiger charge is -2.63. The minimum Gasteiger partial charge on any atom is -0.0851 e. The molecule has 0 unspecified atom stereocenters. The van der Waals surface area contributed by atoms with Gasteiger partial charge < -0.3 is 0 Å². The Kier molecular flexibility index (Phi) is 13.8. The first-order valence-corrected chi connectivity index (χ1v) is 29.0. The van der Waals surface area contributed by atoms with Crippen LogP contribution in [0.1, 0.15) is 268 Å². The molecule has 10 aliphatic carbocycles. The van der Waals surface area contributed by atoms with Gasteiger partial charge in [0.15, 0.2) is 0 Å². The van der Waals surface area contributed by atoms with Crippen molar-refractivity contribution < 1.29 is 0 Å². The maximum Gasteiger partial charge on any atom is -0.0198 e. The molecule has 0 aromatic rings. The van der Waals surface area contributed by atoms with E-state index >= 15 is 0 Å². The molecule has 0 N–H and O–H groups in total. The molecular formula is C66H116. The highest BCUT2D eigenvalue weighted by Gasteiger charge is 2.83. The summed E-state index contributed by atoms with van der Waals surface area (Å²) in [6.45, 7) is 46.1. The van der Waals surface area contributed by atoms with Gasteiger partial charge in [0, 0.05) is 0 Å². The maximum absolute atomic E-state index is 2.80. The van der Waals surface area contributed by atoms with Crippen LogP contribution in [0.15, 0.2) is 23.3 Å². The fourth-order valence-electron chi connectivity index (χ4n) is 22.5. The van der Waals surface area contributed by atoms with E-state index in [0.29, 0.717) is 44.3 Å². The second kappa shape index (κ2) is 17.0. The molecule has 0 heteroatoms. The first kappa shape index (κ1) is 53.3. The third-order valence-electron chi connectivity index (χ3n) is 28.3. The summed E-state index contributed by atoms with van der Waals surface area (Å²) >= 11 is 0. The molecule has 0 aromatic carbocycles. The number of allylic oxidation sites excluding steroid dienone is 4. The highest BCUT2D eigenvalue weighted by molar-refractivity contribution is 5.32. The minimum atomic E-state index is 0. The fraction of sp³-hybridized carbons (Fsp3) is 0.939. The van der Waals surface area contributed by atoms with Crippen molar-refractivity contribution in [2.45, 2.75) is 268 Å². The third kappa shape index (κ3) is 6.90. The van der Waals surface area contributed by atoms with Gasteiger partial charge in [0.1, 0.15) is 0 Å². The molecule has 0 amide bonds. The van der Waals surface area contributed by atoms with E-state index in [0.717, 1.165) is 80.8 Å². The molecule has 0 heterocycles. The Balaban J connectivity index is 0.000000191. The second-order valence-corrected chi connectivity index (χ2v) is 30.5. The van der Waals surface area contributed by atoms with Crippen molar-refractivity contribution in [2.24, 2.45) is 125 Å². The largest absolute Gasteiger partial charge is 0.0851 e. The van der Waals surface area contributed by atoms with Crippen molar-refractivity contribution in [2.75, 3.05) is 0 Å². The molecular weight excluding hydrogens is 793 g/mol. The Morgan fingerprint density at radius 2 is 0.727 bits per heavy atom. The zero-order valence-electron chi connectivity index (χ0n) is 46.2. The first-order chi connectivity index (χ1) is 29.7. The predicted octanol–water partition coefficient (Wildman–Crippen LogP) is 20.7. The van der Waals surface area contributed by atoms with Gasteiger partial charge in [0.05, 0.1) is 0 Å². The van der Waals surface area contributed by atoms with Crippen molar-refractivity contribution in [1.82, 2.24) is 0 Å². The highest BCUT2D eigenvalue weighted by atomic mass is 14.9. The first-order valence-electron chi connectivity index (χ1n) is 29.0. The summed E-state index contributed by atoms with van der Waals surface area (Å²) in [6.07, 6.45) is 35.4. The van der Waals surface area contributed by atoms with Crippen LogP contribution in [-0.4, -0.2) is 0 Å². The van der Waals surface area contributed by atoms with Crippen LogP contribution in [0.2, 0.25) is 0 Å². The van der Waals surface area contributed by atoms with Crippen LogP contribution in [0.4, 0.5) is 0 Å². The van der Waals surface area contributed by atoms with Crippen molar-refractivity contribution >= 4 is 0 Å². The van der Waals surface area contributed by atoms with E-state index < -0.39 is 0 Å². The molecule has 0 aliphatic heterocycles. The summed E-state index contributed by atoms with van der Waals surface area (Å²) < 4.78 is 0. The van der Waals surface area contributed by atoms with Crippen LogP contribution >= 0.6 is 0 Å². The van der Waals surface area contributed by atoms with Gasteiger partial charge >= 0.3 is 0 Å². The molecule has 0 radical (unpaired) electrons. The molecule has 10 saturated carbocycles. The van der Waals surface area contributed by atoms with E-state index in [4.69, 9.17) is 0 Å². The Morgan fingerprint density at radius 3 is 1.06 bits per heavy atom. The topological polar surface area (TPSA) is 0 Å². The molecule has 0 saturated heterocycles. The molecule has 0 bridgehead atoms. The van der Waals surface area contributed by atoms with E-state index in [1.54, 1.807) is 62.5 Å². The summed E-state index contributed by atoms with van der Waals surface area (Å²) in [7, 11) is 0. The van der Waals surface area contributed by atoms with Gasteiger partial charge in [-0.15, -0.1) is 0 Å². The highest BCUT2D eigenvalue weighted by Crippen LogP contribution is 2.91. The lowest BCUT2D eigenvalue weighted by molar-refractivity contribution is -0.149. The summed E-state index contributed by atoms with van der Waals surface area (Å²) in [4.78, 5) is 0. The molecule has 0 nitrogen and oxygen atoms in total. The standard InChI is InChI=1S/2C32H54.2CH4/c2*1-21(2)22(3)10-11-23(4)25-15-16-30(9)27-13-12-26-28(6,7)24(5)14-17-31(26)20-32(27,31)19-18-29(25,30)8;;/h2*10,21,23-27H,11-20H2,1-9H3;2*1H4/b2*22-10+;;/t2*23-,24+,25-,26+,27+,29-,30+,31-,32+;;/m11../s1. The predicted molar refractivity (Wildman–Crippen MR) is 290 cm³/mol. The number of fused-ring (bicyclic) bond motifs is 4. The van der Waals surface area contributed by atoms with Crippen LogP contribution in [-0.2, 0) is 0 Å². The fourth-order valence-corrected chi connectivity index (χ4v) is 22.5. The molecule has 66 heavy (non-hydrogen) atoms. The van der Waals surface area contributed by atoms with Crippen LogP contribution in [0.3, 0.4) is 0 Å². The molecule has 18 atom stereocenters. The van der Waals surface area contributed by atoms with Crippen LogP contribution in [0.5, 0.6) is 0 Å². The molecule has 4 spiro atoms. The van der Waals surface area contributed by atoms with E-state index in [1.807, 2.05) is 0 Å². The van der Waals surface area contributed by atoms with E-state index in [9.17, 15) is 0 Å². The average molecular weight is 910 g/mol. The van der Waals surface area contributed by atoms with E-state index in [-0.39, 0.29) is 14.9 Å². The van der Waals surface area contributed by atoms with Gasteiger partial charge in [0.2, 0.25) is 0 Å². The lowest BCUT2D eigenvalue weighted by Crippen LogP contribution is -2.56. The van der Waals surface area contributed by atoms with Gasteiger partial charge in [-0.2, -0.15) is 0 Å². The van der Waals surface area contributed by atoms with Gasteiger partial charge in [-0.25, -0.2) is 0 Å². The molecule has 10 rings (SSSR count). The summed E-state index contributed by atoms with van der Waals surface area (Å²) in [6, 6.07) is 0. The van der Waals surface area contributed by atoms with E-state index in [1.165, 1.54) is 77.0 Å². The second-order valence-electron chi connectivity index (χ2n) is 30.5. The zero-order valence-corrected chi connectivity index (χ0v) is 46.2. The number of hydrogen-bond acceptors (Lipinski definition) is 0. The van der Waals surface area contributed by atoms with Gasteiger partial charge in [-0.1, -0.05) is 149 Å². The number of hydrogen-bond donors (Lipinski definition) is 0. The van der Waals surface area contributed by atoms with Crippen LogP contribution < -0.4 is 0 Å². The monoisotopic (exact) mass is 909 g/mol. The van der Waals surface area contributed by atoms with Crippen LogP contribution in [0, 0.1) is 125 Å². The smallest absolute Gasteiger partial charge is 0.0198 e.